The van der Waals surface area contributed by atoms with E-state index in [1.54, 1.807) is 0 Å². The second-order valence-electron chi connectivity index (χ2n) is 7.85. The lowest BCUT2D eigenvalue weighted by molar-refractivity contribution is -0.139. The fraction of sp³-hybridized carbons (Fsp3) is 0.208. The van der Waals surface area contributed by atoms with Gasteiger partial charge in [-0.05, 0) is 41.5 Å². The Morgan fingerprint density at radius 3 is 2.29 bits per heavy atom. The van der Waals surface area contributed by atoms with Gasteiger partial charge in [0.1, 0.15) is 17.4 Å². The lowest BCUT2D eigenvalue weighted by Gasteiger charge is -2.19. The Hall–Kier alpha value is -3.44. The molecule has 0 aliphatic heterocycles. The molecule has 35 heavy (non-hydrogen) atoms. The molecule has 0 amide bonds. The maximum Gasteiger partial charge on any atom is 0.341 e. The highest BCUT2D eigenvalue weighted by Gasteiger charge is 2.26. The molecule has 0 saturated carbocycles. The first-order valence-corrected chi connectivity index (χ1v) is 11.6. The first-order chi connectivity index (χ1) is 16.3. The zero-order valence-electron chi connectivity index (χ0n) is 18.6. The Labute approximate surface area is 199 Å². The number of benzene rings is 3. The molecule has 0 aliphatic carbocycles. The summed E-state index contributed by atoms with van der Waals surface area (Å²) in [5, 5.41) is 8.95. The number of halogens is 4. The summed E-state index contributed by atoms with van der Waals surface area (Å²) in [6, 6.07) is 11.7. The highest BCUT2D eigenvalue weighted by molar-refractivity contribution is 7.89. The van der Waals surface area contributed by atoms with Crippen LogP contribution in [0.15, 0.2) is 65.6 Å². The minimum absolute atomic E-state index is 0.0884. The number of aliphatic carboxylic acids is 1. The van der Waals surface area contributed by atoms with Gasteiger partial charge in [0.25, 0.3) is 5.92 Å². The lowest BCUT2D eigenvalue weighted by Crippen LogP contribution is -2.26. The van der Waals surface area contributed by atoms with Crippen LogP contribution in [0.25, 0.3) is 11.1 Å². The van der Waals surface area contributed by atoms with E-state index in [2.05, 4.69) is 0 Å². The molecule has 186 valence electrons. The molecular weight excluding hydrogens is 490 g/mol. The van der Waals surface area contributed by atoms with Crippen LogP contribution in [-0.2, 0) is 27.3 Å². The summed E-state index contributed by atoms with van der Waals surface area (Å²) < 4.78 is 86.6. The number of sulfonamides is 1. The van der Waals surface area contributed by atoms with E-state index < -0.39 is 45.1 Å². The van der Waals surface area contributed by atoms with Gasteiger partial charge in [0, 0.05) is 37.7 Å². The van der Waals surface area contributed by atoms with Gasteiger partial charge in [-0.1, -0.05) is 24.3 Å². The van der Waals surface area contributed by atoms with Gasteiger partial charge >= 0.3 is 5.97 Å². The molecule has 0 aliphatic rings. The molecule has 6 nitrogen and oxygen atoms in total. The number of hydrogen-bond donors (Lipinski definition) is 1. The van der Waals surface area contributed by atoms with Crippen molar-refractivity contribution in [2.45, 2.75) is 24.3 Å². The molecule has 0 aromatic heterocycles. The molecule has 0 fully saturated rings. The maximum atomic E-state index is 13.9. The summed E-state index contributed by atoms with van der Waals surface area (Å²) in [4.78, 5) is 10.4. The van der Waals surface area contributed by atoms with Crippen molar-refractivity contribution >= 4 is 16.0 Å². The number of carbonyl (C=O) groups is 1. The summed E-state index contributed by atoms with van der Waals surface area (Å²) in [5.41, 5.74) is 0.665. The maximum absolute atomic E-state index is 13.9. The molecule has 3 aromatic carbocycles. The third-order valence-corrected chi connectivity index (χ3v) is 6.81. The SMILES string of the molecule is CN(Cc1ccc(OCC(=O)O)c(-c2cccc(C(C)(F)F)c2)c1)S(=O)(=O)c1cc(F)cc(F)c1. The van der Waals surface area contributed by atoms with Crippen LogP contribution in [-0.4, -0.2) is 37.5 Å². The second kappa shape index (κ2) is 10.0. The molecular formula is C24H21F4NO5S. The number of hydrogen-bond acceptors (Lipinski definition) is 4. The van der Waals surface area contributed by atoms with E-state index in [1.165, 1.54) is 49.5 Å². The molecule has 0 spiro atoms. The van der Waals surface area contributed by atoms with Gasteiger partial charge in [-0.15, -0.1) is 0 Å². The van der Waals surface area contributed by atoms with E-state index in [-0.39, 0.29) is 23.4 Å². The van der Waals surface area contributed by atoms with Crippen LogP contribution in [0.2, 0.25) is 0 Å². The molecule has 11 heteroatoms. The predicted molar refractivity (Wildman–Crippen MR) is 120 cm³/mol. The average Bonchev–Trinajstić information content (AvgIpc) is 2.77. The number of nitrogens with zero attached hydrogens (tertiary/aromatic N) is 1. The molecule has 0 heterocycles. The highest BCUT2D eigenvalue weighted by Crippen LogP contribution is 2.35. The van der Waals surface area contributed by atoms with Gasteiger partial charge in [0.2, 0.25) is 10.0 Å². The van der Waals surface area contributed by atoms with Crippen LogP contribution in [0.4, 0.5) is 17.6 Å². The number of rotatable bonds is 9. The third-order valence-electron chi connectivity index (χ3n) is 5.03. The molecule has 0 radical (unpaired) electrons. The second-order valence-corrected chi connectivity index (χ2v) is 9.89. The topological polar surface area (TPSA) is 83.9 Å². The number of carboxylic acid groups (broad SMARTS) is 1. The summed E-state index contributed by atoms with van der Waals surface area (Å²) in [5.74, 6) is -6.39. The summed E-state index contributed by atoms with van der Waals surface area (Å²) >= 11 is 0. The number of carboxylic acids is 1. The van der Waals surface area contributed by atoms with Gasteiger partial charge in [-0.2, -0.15) is 4.31 Å². The van der Waals surface area contributed by atoms with Gasteiger partial charge in [0.15, 0.2) is 6.61 Å². The van der Waals surface area contributed by atoms with Gasteiger partial charge in [0.05, 0.1) is 4.90 Å². The van der Waals surface area contributed by atoms with Crippen LogP contribution < -0.4 is 4.74 Å². The molecule has 0 atom stereocenters. The zero-order valence-corrected chi connectivity index (χ0v) is 19.5. The average molecular weight is 511 g/mol. The van der Waals surface area contributed by atoms with Gasteiger partial charge in [-0.25, -0.2) is 30.8 Å². The van der Waals surface area contributed by atoms with Crippen molar-refractivity contribution in [2.75, 3.05) is 13.7 Å². The van der Waals surface area contributed by atoms with Crippen LogP contribution >= 0.6 is 0 Å². The van der Waals surface area contributed by atoms with Crippen molar-refractivity contribution in [2.24, 2.45) is 0 Å². The first kappa shape index (κ1) is 26.2. The third kappa shape index (κ3) is 6.37. The minimum atomic E-state index is -4.27. The number of ether oxygens (including phenoxy) is 1. The van der Waals surface area contributed by atoms with Crippen LogP contribution in [0.3, 0.4) is 0 Å². The Balaban J connectivity index is 2.00. The molecule has 1 N–H and O–H groups in total. The monoisotopic (exact) mass is 511 g/mol. The van der Waals surface area contributed by atoms with Crippen LogP contribution in [0.5, 0.6) is 5.75 Å². The van der Waals surface area contributed by atoms with E-state index in [4.69, 9.17) is 9.84 Å². The molecule has 3 rings (SSSR count). The Morgan fingerprint density at radius 2 is 1.69 bits per heavy atom. The fourth-order valence-electron chi connectivity index (χ4n) is 3.33. The summed E-state index contributed by atoms with van der Waals surface area (Å²) in [6.07, 6.45) is 0. The Bertz CT molecular complexity index is 1340. The molecule has 0 bridgehead atoms. The Kier molecular flexibility index (Phi) is 7.51. The van der Waals surface area contributed by atoms with Crippen molar-refractivity contribution in [3.8, 4) is 16.9 Å². The van der Waals surface area contributed by atoms with Crippen molar-refractivity contribution in [3.63, 3.8) is 0 Å². The van der Waals surface area contributed by atoms with E-state index >= 15 is 0 Å². The summed E-state index contributed by atoms with van der Waals surface area (Å²) in [7, 11) is -3.06. The van der Waals surface area contributed by atoms with E-state index in [0.29, 0.717) is 29.3 Å². The van der Waals surface area contributed by atoms with Gasteiger partial charge in [-0.3, -0.25) is 0 Å². The van der Waals surface area contributed by atoms with Crippen molar-refractivity contribution in [1.82, 2.24) is 4.31 Å². The highest BCUT2D eigenvalue weighted by atomic mass is 32.2. The van der Waals surface area contributed by atoms with Crippen LogP contribution in [0.1, 0.15) is 18.1 Å². The molecule has 0 saturated heterocycles. The normalized spacial score (nSPS) is 12.1. The quantitative estimate of drug-likeness (QED) is 0.408. The van der Waals surface area contributed by atoms with Gasteiger partial charge < -0.3 is 9.84 Å². The predicted octanol–water partition coefficient (Wildman–Crippen LogP) is 5.03. The largest absolute Gasteiger partial charge is 0.481 e. The zero-order chi connectivity index (χ0) is 26.0. The number of alkyl halides is 2. The molecule has 3 aromatic rings. The fourth-order valence-corrected chi connectivity index (χ4v) is 4.53. The van der Waals surface area contributed by atoms with Crippen molar-refractivity contribution in [3.05, 3.63) is 83.4 Å². The standard InChI is InChI=1S/C24H21F4NO5S/c1-24(27,28)17-5-3-4-16(9-17)21-8-15(6-7-22(21)34-14-23(30)31)13-29(2)35(32,33)20-11-18(25)10-19(26)12-20/h3-12H,13-14H2,1-2H3,(H,30,31). The Morgan fingerprint density at radius 1 is 1.03 bits per heavy atom. The van der Waals surface area contributed by atoms with E-state index in [9.17, 15) is 30.8 Å². The van der Waals surface area contributed by atoms with Crippen LogP contribution in [0, 0.1) is 11.6 Å². The smallest absolute Gasteiger partial charge is 0.341 e. The van der Waals surface area contributed by atoms with E-state index in [1.807, 2.05) is 0 Å². The lowest BCUT2D eigenvalue weighted by atomic mass is 9.98. The van der Waals surface area contributed by atoms with E-state index in [0.717, 1.165) is 11.2 Å². The first-order valence-electron chi connectivity index (χ1n) is 10.2. The molecule has 0 unspecified atom stereocenters. The summed E-state index contributed by atoms with van der Waals surface area (Å²) in [6.45, 7) is -0.189. The minimum Gasteiger partial charge on any atom is -0.481 e. The van der Waals surface area contributed by atoms with Crippen molar-refractivity contribution < 1.29 is 40.6 Å². The van der Waals surface area contributed by atoms with Crippen molar-refractivity contribution in [1.29, 1.82) is 0 Å².